The molecular weight excluding hydrogens is 332 g/mol. The molecule has 132 valence electrons. The summed E-state index contributed by atoms with van der Waals surface area (Å²) < 4.78 is 19.0. The molecule has 2 aromatic carbocycles. The van der Waals surface area contributed by atoms with Gasteiger partial charge in [0.25, 0.3) is 11.6 Å². The second-order valence-corrected chi connectivity index (χ2v) is 6.14. The maximum Gasteiger partial charge on any atom is 0.300 e. The van der Waals surface area contributed by atoms with Crippen molar-refractivity contribution in [3.8, 4) is 23.3 Å². The molecule has 3 aromatic rings. The van der Waals surface area contributed by atoms with Gasteiger partial charge in [0.15, 0.2) is 6.10 Å². The van der Waals surface area contributed by atoms with Gasteiger partial charge in [0.05, 0.1) is 6.54 Å². The van der Waals surface area contributed by atoms with Crippen LogP contribution in [0.3, 0.4) is 0 Å². The first-order chi connectivity index (χ1) is 12.7. The fraction of sp³-hybridized carbons (Fsp3) is 0.200. The molecule has 0 N–H and O–H groups in total. The Kier molecular flexibility index (Phi) is 4.31. The highest BCUT2D eigenvalue weighted by Crippen LogP contribution is 2.24. The molecule has 0 bridgehead atoms. The number of nitrogens with zero attached hydrogens (tertiary/aromatic N) is 2. The van der Waals surface area contributed by atoms with Crippen LogP contribution in [0, 0.1) is 6.92 Å². The molecule has 0 aliphatic carbocycles. The van der Waals surface area contributed by atoms with E-state index in [0.29, 0.717) is 19.2 Å². The number of rotatable bonds is 5. The first-order valence-corrected chi connectivity index (χ1v) is 8.37. The summed E-state index contributed by atoms with van der Waals surface area (Å²) >= 11 is 0. The van der Waals surface area contributed by atoms with E-state index in [-0.39, 0.29) is 11.7 Å². The lowest BCUT2D eigenvalue weighted by atomic mass is 10.2. The first kappa shape index (κ1) is 16.2. The second kappa shape index (κ2) is 6.92. The third-order valence-corrected chi connectivity index (χ3v) is 4.04. The molecular formula is C20H18N2O4. The van der Waals surface area contributed by atoms with Gasteiger partial charge in [-0.05, 0) is 43.3 Å². The summed E-state index contributed by atoms with van der Waals surface area (Å²) in [4.78, 5) is 15.1. The monoisotopic (exact) mass is 350 g/mol. The van der Waals surface area contributed by atoms with Crippen LogP contribution in [0.4, 0.5) is 0 Å². The predicted octanol–water partition coefficient (Wildman–Crippen LogP) is 3.18. The Morgan fingerprint density at radius 2 is 1.69 bits per heavy atom. The minimum absolute atomic E-state index is 0.173. The summed E-state index contributed by atoms with van der Waals surface area (Å²) in [6.45, 7) is 3.02. The normalized spacial score (nSPS) is 15.2. The zero-order valence-electron chi connectivity index (χ0n) is 14.3. The molecule has 1 aliphatic heterocycles. The highest BCUT2D eigenvalue weighted by molar-refractivity contribution is 5.36. The maximum absolute atomic E-state index is 11.2. The number of benzene rings is 2. The third kappa shape index (κ3) is 3.69. The number of fused-ring (bicyclic) bond motifs is 1. The van der Waals surface area contributed by atoms with Crippen molar-refractivity contribution in [3.05, 3.63) is 76.7 Å². The topological polar surface area (TPSA) is 62.6 Å². The number of aryl methyl sites for hydroxylation is 1. The van der Waals surface area contributed by atoms with Crippen LogP contribution in [0.1, 0.15) is 5.56 Å². The molecule has 0 saturated heterocycles. The van der Waals surface area contributed by atoms with Gasteiger partial charge in [0, 0.05) is 12.3 Å². The van der Waals surface area contributed by atoms with Crippen molar-refractivity contribution in [2.24, 2.45) is 0 Å². The van der Waals surface area contributed by atoms with Gasteiger partial charge in [-0.3, -0.25) is 9.36 Å². The molecule has 1 aliphatic rings. The van der Waals surface area contributed by atoms with Crippen molar-refractivity contribution in [1.29, 1.82) is 0 Å². The number of ether oxygens (including phenoxy) is 3. The first-order valence-electron chi connectivity index (χ1n) is 8.37. The van der Waals surface area contributed by atoms with Crippen molar-refractivity contribution in [2.75, 3.05) is 6.61 Å². The van der Waals surface area contributed by atoms with Gasteiger partial charge >= 0.3 is 0 Å². The quantitative estimate of drug-likeness (QED) is 0.707. The Bertz CT molecular complexity index is 949. The number of aromatic nitrogens is 2. The van der Waals surface area contributed by atoms with Crippen LogP contribution in [-0.2, 0) is 6.54 Å². The van der Waals surface area contributed by atoms with Crippen LogP contribution in [0.15, 0.2) is 65.6 Å². The van der Waals surface area contributed by atoms with Gasteiger partial charge in [-0.25, -0.2) is 0 Å². The van der Waals surface area contributed by atoms with E-state index in [1.807, 2.05) is 55.5 Å². The van der Waals surface area contributed by atoms with Gasteiger partial charge in [-0.1, -0.05) is 17.7 Å². The number of hydrogen-bond donors (Lipinski definition) is 0. The largest absolute Gasteiger partial charge is 0.490 e. The second-order valence-electron chi connectivity index (χ2n) is 6.14. The van der Waals surface area contributed by atoms with Crippen molar-refractivity contribution in [2.45, 2.75) is 19.6 Å². The van der Waals surface area contributed by atoms with Crippen molar-refractivity contribution in [3.63, 3.8) is 0 Å². The van der Waals surface area contributed by atoms with Crippen LogP contribution < -0.4 is 19.8 Å². The van der Waals surface area contributed by atoms with Crippen molar-refractivity contribution >= 4 is 0 Å². The van der Waals surface area contributed by atoms with Crippen LogP contribution >= 0.6 is 0 Å². The minimum Gasteiger partial charge on any atom is -0.490 e. The molecule has 1 aromatic heterocycles. The van der Waals surface area contributed by atoms with E-state index in [0.717, 1.165) is 17.2 Å². The summed E-state index contributed by atoms with van der Waals surface area (Å²) in [6, 6.07) is 17.1. The summed E-state index contributed by atoms with van der Waals surface area (Å²) in [5.41, 5.74) is 0.888. The van der Waals surface area contributed by atoms with E-state index in [1.54, 1.807) is 10.8 Å². The lowest BCUT2D eigenvalue weighted by molar-refractivity contribution is 0.143. The number of hydrogen-bond acceptors (Lipinski definition) is 5. The van der Waals surface area contributed by atoms with Gasteiger partial charge in [-0.2, -0.15) is 4.98 Å². The highest BCUT2D eigenvalue weighted by Gasteiger charge is 2.23. The summed E-state index contributed by atoms with van der Waals surface area (Å²) in [5.74, 6) is 2.26. The molecule has 0 saturated carbocycles. The molecule has 1 atom stereocenters. The fourth-order valence-corrected chi connectivity index (χ4v) is 2.67. The minimum atomic E-state index is -0.304. The van der Waals surface area contributed by atoms with E-state index >= 15 is 0 Å². The molecule has 0 fully saturated rings. The summed E-state index contributed by atoms with van der Waals surface area (Å²) in [7, 11) is 0. The molecule has 0 radical (unpaired) electrons. The Morgan fingerprint density at radius 3 is 2.42 bits per heavy atom. The Labute approximate surface area is 150 Å². The average Bonchev–Trinajstić information content (AvgIpc) is 3.05. The Hall–Kier alpha value is -3.28. The molecule has 6 nitrogen and oxygen atoms in total. The van der Waals surface area contributed by atoms with Crippen molar-refractivity contribution in [1.82, 2.24) is 9.55 Å². The van der Waals surface area contributed by atoms with E-state index < -0.39 is 0 Å². The smallest absolute Gasteiger partial charge is 0.300 e. The van der Waals surface area contributed by atoms with E-state index in [4.69, 9.17) is 14.2 Å². The Balaban J connectivity index is 1.32. The van der Waals surface area contributed by atoms with Crippen LogP contribution in [0.2, 0.25) is 0 Å². The zero-order chi connectivity index (χ0) is 17.9. The van der Waals surface area contributed by atoms with E-state index in [1.165, 1.54) is 11.6 Å². The van der Waals surface area contributed by atoms with Crippen LogP contribution in [0.25, 0.3) is 0 Å². The lowest BCUT2D eigenvalue weighted by Crippen LogP contribution is -2.23. The lowest BCUT2D eigenvalue weighted by Gasteiger charge is -2.12. The van der Waals surface area contributed by atoms with Crippen molar-refractivity contribution < 1.29 is 14.2 Å². The maximum atomic E-state index is 11.2. The van der Waals surface area contributed by atoms with Gasteiger partial charge < -0.3 is 14.2 Å². The van der Waals surface area contributed by atoms with Crippen LogP contribution in [0.5, 0.6) is 23.3 Å². The molecule has 4 rings (SSSR count). The fourth-order valence-electron chi connectivity index (χ4n) is 2.67. The van der Waals surface area contributed by atoms with E-state index in [2.05, 4.69) is 4.98 Å². The molecule has 0 spiro atoms. The predicted molar refractivity (Wildman–Crippen MR) is 96.1 cm³/mol. The van der Waals surface area contributed by atoms with Crippen LogP contribution in [-0.4, -0.2) is 22.3 Å². The molecule has 0 unspecified atom stereocenters. The summed E-state index contributed by atoms with van der Waals surface area (Å²) in [5, 5.41) is 0. The van der Waals surface area contributed by atoms with Gasteiger partial charge in [0.1, 0.15) is 23.9 Å². The summed E-state index contributed by atoms with van der Waals surface area (Å²) in [6.07, 6.45) is 1.51. The molecule has 26 heavy (non-hydrogen) atoms. The average molecular weight is 350 g/mol. The molecule has 2 heterocycles. The van der Waals surface area contributed by atoms with E-state index in [9.17, 15) is 4.79 Å². The highest BCUT2D eigenvalue weighted by atomic mass is 16.6. The zero-order valence-corrected chi connectivity index (χ0v) is 14.3. The third-order valence-electron chi connectivity index (χ3n) is 4.04. The Morgan fingerprint density at radius 1 is 1.04 bits per heavy atom. The molecule has 6 heteroatoms. The SMILES string of the molecule is Cc1ccc(Oc2ccc(OC[C@@H]3Cn4ccc(=O)nc4O3)cc2)cc1. The molecule has 0 amide bonds. The standard InChI is InChI=1S/C20H18N2O4/c1-14-2-4-16(5-3-14)25-17-8-6-15(7-9-17)24-13-18-12-22-11-10-19(23)21-20(22)26-18/h2-11,18H,12-13H2,1H3/t18-/m0/s1. The van der Waals surface area contributed by atoms with Gasteiger partial charge in [-0.15, -0.1) is 0 Å². The van der Waals surface area contributed by atoms with Gasteiger partial charge in [0.2, 0.25) is 0 Å².